The maximum atomic E-state index is 12.7. The van der Waals surface area contributed by atoms with Crippen LogP contribution in [0.25, 0.3) is 0 Å². The highest BCUT2D eigenvalue weighted by molar-refractivity contribution is 7.88. The standard InChI is InChI=1S/C14H20FN.C12H19NO2S/c1-12-6-9-16(10-7-12)11-8-13-2-4-14(15)5-3-13;1-4-5-12-7-6-11(8-10(12)2)9-13-16(3,14)15/h2-5,12H,6-11H2,1H3;6-8,13H,4-5,9H2,1-3H3. The van der Waals surface area contributed by atoms with Crippen molar-refractivity contribution >= 4 is 10.0 Å². The smallest absolute Gasteiger partial charge is 0.209 e. The molecule has 0 radical (unpaired) electrons. The molecule has 0 bridgehead atoms. The summed E-state index contributed by atoms with van der Waals surface area (Å²) < 4.78 is 37.1. The second-order valence-electron chi connectivity index (χ2n) is 9.00. The second-order valence-corrected chi connectivity index (χ2v) is 10.8. The SMILES string of the molecule is CC1CCN(CCc2ccc(F)cc2)CC1.CCCc1ccc(CNS(C)(=O)=O)cc1C. The van der Waals surface area contributed by atoms with Crippen LogP contribution in [0.4, 0.5) is 4.39 Å². The Morgan fingerprint density at radius 2 is 1.66 bits per heavy atom. The first kappa shape index (κ1) is 26.5. The maximum absolute atomic E-state index is 12.7. The van der Waals surface area contributed by atoms with Gasteiger partial charge in [0.1, 0.15) is 5.82 Å². The average Bonchev–Trinajstić information content (AvgIpc) is 2.75. The van der Waals surface area contributed by atoms with Crippen molar-refractivity contribution in [2.75, 3.05) is 25.9 Å². The van der Waals surface area contributed by atoms with Crippen LogP contribution >= 0.6 is 0 Å². The van der Waals surface area contributed by atoms with Gasteiger partial charge in [-0.2, -0.15) is 0 Å². The number of benzene rings is 2. The molecular formula is C26H39FN2O2S. The van der Waals surface area contributed by atoms with E-state index < -0.39 is 10.0 Å². The lowest BCUT2D eigenvalue weighted by Gasteiger charge is -2.30. The first-order chi connectivity index (χ1) is 15.2. The highest BCUT2D eigenvalue weighted by atomic mass is 32.2. The summed E-state index contributed by atoms with van der Waals surface area (Å²) in [6, 6.07) is 13.0. The van der Waals surface area contributed by atoms with Crippen LogP contribution < -0.4 is 4.72 Å². The van der Waals surface area contributed by atoms with Gasteiger partial charge in [0.2, 0.25) is 10.0 Å². The van der Waals surface area contributed by atoms with Crippen molar-refractivity contribution in [3.63, 3.8) is 0 Å². The van der Waals surface area contributed by atoms with Gasteiger partial charge in [-0.1, -0.05) is 50.6 Å². The zero-order valence-electron chi connectivity index (χ0n) is 20.0. The maximum Gasteiger partial charge on any atom is 0.209 e. The molecule has 1 saturated heterocycles. The van der Waals surface area contributed by atoms with Crippen LogP contribution in [0.5, 0.6) is 0 Å². The Morgan fingerprint density at radius 3 is 2.22 bits per heavy atom. The predicted octanol–water partition coefficient (Wildman–Crippen LogP) is 5.10. The van der Waals surface area contributed by atoms with Gasteiger partial charge in [-0.25, -0.2) is 17.5 Å². The number of sulfonamides is 1. The minimum atomic E-state index is -3.11. The van der Waals surface area contributed by atoms with Crippen LogP contribution in [-0.2, 0) is 29.4 Å². The predicted molar refractivity (Wildman–Crippen MR) is 132 cm³/mol. The van der Waals surface area contributed by atoms with Gasteiger partial charge in [0, 0.05) is 13.1 Å². The third kappa shape index (κ3) is 10.2. The van der Waals surface area contributed by atoms with Gasteiger partial charge in [0.15, 0.2) is 0 Å². The van der Waals surface area contributed by atoms with Gasteiger partial charge in [-0.3, -0.25) is 0 Å². The minimum Gasteiger partial charge on any atom is -0.303 e. The second kappa shape index (κ2) is 13.1. The van der Waals surface area contributed by atoms with E-state index >= 15 is 0 Å². The summed E-state index contributed by atoms with van der Waals surface area (Å²) in [4.78, 5) is 2.52. The Morgan fingerprint density at radius 1 is 1.03 bits per heavy atom. The van der Waals surface area contributed by atoms with Crippen molar-refractivity contribution in [2.24, 2.45) is 5.92 Å². The zero-order chi connectivity index (χ0) is 23.6. The molecule has 0 spiro atoms. The summed E-state index contributed by atoms with van der Waals surface area (Å²) in [6.07, 6.45) is 7.06. The van der Waals surface area contributed by atoms with Crippen molar-refractivity contribution in [1.29, 1.82) is 0 Å². The van der Waals surface area contributed by atoms with Gasteiger partial charge in [-0.05, 0) is 86.0 Å². The third-order valence-corrected chi connectivity index (χ3v) is 6.64. The Labute approximate surface area is 194 Å². The first-order valence-electron chi connectivity index (χ1n) is 11.7. The van der Waals surface area contributed by atoms with E-state index in [9.17, 15) is 12.8 Å². The quantitative estimate of drug-likeness (QED) is 0.594. The Balaban J connectivity index is 0.000000227. The van der Waals surface area contributed by atoms with Crippen molar-refractivity contribution < 1.29 is 12.8 Å². The molecule has 0 amide bonds. The van der Waals surface area contributed by atoms with E-state index in [0.29, 0.717) is 6.54 Å². The molecule has 178 valence electrons. The van der Waals surface area contributed by atoms with E-state index in [0.717, 1.165) is 37.3 Å². The van der Waals surface area contributed by atoms with Crippen LogP contribution in [0.2, 0.25) is 0 Å². The Hall–Kier alpha value is -1.76. The first-order valence-corrected chi connectivity index (χ1v) is 13.5. The molecule has 0 saturated carbocycles. The number of nitrogens with one attached hydrogen (secondary N) is 1. The van der Waals surface area contributed by atoms with E-state index in [4.69, 9.17) is 0 Å². The van der Waals surface area contributed by atoms with E-state index in [1.165, 1.54) is 48.9 Å². The van der Waals surface area contributed by atoms with E-state index in [-0.39, 0.29) is 5.82 Å². The molecule has 0 unspecified atom stereocenters. The summed E-state index contributed by atoms with van der Waals surface area (Å²) in [5.41, 5.74) is 4.81. The van der Waals surface area contributed by atoms with Crippen molar-refractivity contribution in [1.82, 2.24) is 9.62 Å². The Kier molecular flexibility index (Phi) is 10.8. The van der Waals surface area contributed by atoms with Crippen LogP contribution in [0.15, 0.2) is 42.5 Å². The monoisotopic (exact) mass is 462 g/mol. The number of nitrogens with zero attached hydrogens (tertiary/aromatic N) is 1. The van der Waals surface area contributed by atoms with Crippen LogP contribution in [0.1, 0.15) is 55.4 Å². The van der Waals surface area contributed by atoms with Crippen LogP contribution in [-0.4, -0.2) is 39.2 Å². The van der Waals surface area contributed by atoms with Gasteiger partial charge in [-0.15, -0.1) is 0 Å². The molecule has 6 heteroatoms. The van der Waals surface area contributed by atoms with Gasteiger partial charge in [0.05, 0.1) is 6.26 Å². The molecule has 1 fully saturated rings. The molecule has 2 aromatic carbocycles. The molecule has 1 aliphatic heterocycles. The molecule has 4 nitrogen and oxygen atoms in total. The normalized spacial score (nSPS) is 15.3. The highest BCUT2D eigenvalue weighted by Crippen LogP contribution is 2.16. The third-order valence-electron chi connectivity index (χ3n) is 5.97. The van der Waals surface area contributed by atoms with E-state index in [1.807, 2.05) is 24.3 Å². The molecule has 1 aliphatic rings. The lowest BCUT2D eigenvalue weighted by Crippen LogP contribution is -2.34. The lowest BCUT2D eigenvalue weighted by molar-refractivity contribution is 0.194. The summed E-state index contributed by atoms with van der Waals surface area (Å²) in [5, 5.41) is 0. The number of hydrogen-bond acceptors (Lipinski definition) is 3. The van der Waals surface area contributed by atoms with Gasteiger partial charge < -0.3 is 4.90 Å². The molecule has 1 N–H and O–H groups in total. The summed E-state index contributed by atoms with van der Waals surface area (Å²) >= 11 is 0. The largest absolute Gasteiger partial charge is 0.303 e. The average molecular weight is 463 g/mol. The van der Waals surface area contributed by atoms with Crippen LogP contribution in [0.3, 0.4) is 0 Å². The summed E-state index contributed by atoms with van der Waals surface area (Å²) in [6.45, 7) is 10.5. The fourth-order valence-corrected chi connectivity index (χ4v) is 4.29. The fraction of sp³-hybridized carbons (Fsp3) is 0.538. The molecule has 0 aliphatic carbocycles. The number of likely N-dealkylation sites (tertiary alicyclic amines) is 1. The summed E-state index contributed by atoms with van der Waals surface area (Å²) in [7, 11) is -3.11. The number of piperidine rings is 1. The topological polar surface area (TPSA) is 49.4 Å². The van der Waals surface area contributed by atoms with E-state index in [1.54, 1.807) is 12.1 Å². The zero-order valence-corrected chi connectivity index (χ0v) is 20.8. The number of hydrogen-bond donors (Lipinski definition) is 1. The highest BCUT2D eigenvalue weighted by Gasteiger charge is 2.14. The fourth-order valence-electron chi connectivity index (χ4n) is 3.86. The van der Waals surface area contributed by atoms with Crippen LogP contribution in [0, 0.1) is 18.7 Å². The number of aryl methyl sites for hydroxylation is 2. The minimum absolute atomic E-state index is 0.143. The molecular weight excluding hydrogens is 423 g/mol. The molecule has 3 rings (SSSR count). The molecule has 32 heavy (non-hydrogen) atoms. The molecule has 2 aromatic rings. The lowest BCUT2D eigenvalue weighted by atomic mass is 9.99. The van der Waals surface area contributed by atoms with E-state index in [2.05, 4.69) is 36.5 Å². The van der Waals surface area contributed by atoms with Crippen molar-refractivity contribution in [2.45, 2.75) is 59.4 Å². The molecule has 0 aromatic heterocycles. The van der Waals surface area contributed by atoms with Gasteiger partial charge in [0.25, 0.3) is 0 Å². The van der Waals surface area contributed by atoms with Crippen molar-refractivity contribution in [3.05, 3.63) is 70.5 Å². The molecule has 1 heterocycles. The number of rotatable bonds is 8. The number of halogens is 1. The Bertz CT molecular complexity index is 921. The van der Waals surface area contributed by atoms with Gasteiger partial charge >= 0.3 is 0 Å². The molecule has 0 atom stereocenters. The summed E-state index contributed by atoms with van der Waals surface area (Å²) in [5.74, 6) is 0.748. The van der Waals surface area contributed by atoms with Crippen molar-refractivity contribution in [3.8, 4) is 0 Å².